The number of benzene rings is 3. The molecule has 0 radical (unpaired) electrons. The highest BCUT2D eigenvalue weighted by Crippen LogP contribution is 2.42. The summed E-state index contributed by atoms with van der Waals surface area (Å²) in [5.74, 6) is 0.385. The van der Waals surface area contributed by atoms with Gasteiger partial charge in [0.1, 0.15) is 0 Å². The molecule has 0 saturated carbocycles. The van der Waals surface area contributed by atoms with Crippen molar-refractivity contribution in [1.82, 2.24) is 19.6 Å². The summed E-state index contributed by atoms with van der Waals surface area (Å²) in [5.41, 5.74) is 3.91. The summed E-state index contributed by atoms with van der Waals surface area (Å²) in [6, 6.07) is 22.5. The van der Waals surface area contributed by atoms with Crippen LogP contribution in [0.1, 0.15) is 47.3 Å². The first-order valence-corrected chi connectivity index (χ1v) is 13.9. The molecule has 0 spiro atoms. The summed E-state index contributed by atoms with van der Waals surface area (Å²) >= 11 is 3.65. The Labute approximate surface area is 240 Å². The summed E-state index contributed by atoms with van der Waals surface area (Å²) in [5, 5.41) is 6.45. The normalized spacial score (nSPS) is 11.2. The second-order valence-electron chi connectivity index (χ2n) is 9.57. The Balaban J connectivity index is 1.79. The first-order valence-electron chi connectivity index (χ1n) is 13.1. The number of para-hydroxylation sites is 2. The Bertz CT molecular complexity index is 1650. The van der Waals surface area contributed by atoms with Crippen LogP contribution in [0.3, 0.4) is 0 Å². The third-order valence-corrected chi connectivity index (χ3v) is 7.46. The summed E-state index contributed by atoms with van der Waals surface area (Å²) in [6.45, 7) is 6.26. The van der Waals surface area contributed by atoms with Crippen LogP contribution >= 0.6 is 15.9 Å². The molecule has 0 bridgehead atoms. The fourth-order valence-electron chi connectivity index (χ4n) is 5.05. The number of nitrogens with zero attached hydrogens (tertiary/aromatic N) is 2. The number of rotatable bonds is 9. The van der Waals surface area contributed by atoms with E-state index in [1.807, 2.05) is 93.6 Å². The average Bonchev–Trinajstić information content (AvgIpc) is 3.43. The molecule has 40 heavy (non-hydrogen) atoms. The highest BCUT2D eigenvalue weighted by atomic mass is 79.9. The molecule has 8 nitrogen and oxygen atoms in total. The summed E-state index contributed by atoms with van der Waals surface area (Å²) < 4.78 is 15.4. The van der Waals surface area contributed by atoms with E-state index in [-0.39, 0.29) is 11.1 Å². The lowest BCUT2D eigenvalue weighted by Gasteiger charge is -2.19. The lowest BCUT2D eigenvalue weighted by atomic mass is 9.85. The third-order valence-electron chi connectivity index (χ3n) is 6.88. The standard InChI is InChI=1S/C31H31BrN4O4/c1-5-16-40-29-24(32)17-21(18-25(29)39-4)28(26-19(2)33-35(30(26)37)22-12-8-6-9-13-22)27-20(3)34-36(31(27)38)23-14-10-7-11-15-23/h6-15,17-18,28,33-34H,5,16H2,1-4H3. The van der Waals surface area contributed by atoms with E-state index in [2.05, 4.69) is 26.1 Å². The molecule has 3 aromatic carbocycles. The van der Waals surface area contributed by atoms with Crippen molar-refractivity contribution in [3.05, 3.63) is 126 Å². The molecule has 0 fully saturated rings. The number of aromatic amines is 2. The number of hydrogen-bond acceptors (Lipinski definition) is 4. The minimum absolute atomic E-state index is 0.235. The van der Waals surface area contributed by atoms with E-state index < -0.39 is 5.92 Å². The quantitative estimate of drug-likeness (QED) is 0.216. The number of aromatic nitrogens is 4. The molecule has 2 heterocycles. The summed E-state index contributed by atoms with van der Waals surface area (Å²) in [7, 11) is 1.58. The van der Waals surface area contributed by atoms with Gasteiger partial charge in [0.05, 0.1) is 40.7 Å². The zero-order valence-corrected chi connectivity index (χ0v) is 24.4. The van der Waals surface area contributed by atoms with Crippen molar-refractivity contribution in [3.8, 4) is 22.9 Å². The van der Waals surface area contributed by atoms with E-state index in [9.17, 15) is 9.59 Å². The van der Waals surface area contributed by atoms with Crippen LogP contribution in [-0.2, 0) is 0 Å². The Morgan fingerprint density at radius 3 is 1.77 bits per heavy atom. The highest BCUT2D eigenvalue weighted by molar-refractivity contribution is 9.10. The lowest BCUT2D eigenvalue weighted by molar-refractivity contribution is 0.292. The van der Waals surface area contributed by atoms with Gasteiger partial charge in [0.15, 0.2) is 11.5 Å². The van der Waals surface area contributed by atoms with E-state index in [1.165, 1.54) is 9.36 Å². The van der Waals surface area contributed by atoms with Crippen LogP contribution in [-0.4, -0.2) is 33.3 Å². The first-order chi connectivity index (χ1) is 19.3. The van der Waals surface area contributed by atoms with E-state index in [0.717, 1.165) is 6.42 Å². The summed E-state index contributed by atoms with van der Waals surface area (Å²) in [6.07, 6.45) is 0.836. The molecule has 0 amide bonds. The number of halogens is 1. The molecule has 206 valence electrons. The van der Waals surface area contributed by atoms with Gasteiger partial charge in [0, 0.05) is 17.3 Å². The van der Waals surface area contributed by atoms with Crippen LogP contribution in [0.2, 0.25) is 0 Å². The van der Waals surface area contributed by atoms with Crippen molar-refractivity contribution in [2.45, 2.75) is 33.1 Å². The predicted molar refractivity (Wildman–Crippen MR) is 160 cm³/mol. The molecule has 0 aliphatic carbocycles. The van der Waals surface area contributed by atoms with Crippen molar-refractivity contribution in [2.24, 2.45) is 0 Å². The molecular weight excluding hydrogens is 572 g/mol. The Morgan fingerprint density at radius 1 is 0.825 bits per heavy atom. The fraction of sp³-hybridized carbons (Fsp3) is 0.226. The van der Waals surface area contributed by atoms with Crippen LogP contribution in [0.5, 0.6) is 11.5 Å². The number of H-pyrrole nitrogens is 2. The Kier molecular flexibility index (Phi) is 7.84. The smallest absolute Gasteiger partial charge is 0.275 e. The van der Waals surface area contributed by atoms with Crippen molar-refractivity contribution >= 4 is 15.9 Å². The van der Waals surface area contributed by atoms with Crippen molar-refractivity contribution in [3.63, 3.8) is 0 Å². The molecule has 5 aromatic rings. The van der Waals surface area contributed by atoms with Gasteiger partial charge in [-0.25, -0.2) is 9.36 Å². The van der Waals surface area contributed by atoms with Gasteiger partial charge < -0.3 is 9.47 Å². The maximum absolute atomic E-state index is 14.1. The molecule has 5 rings (SSSR count). The monoisotopic (exact) mass is 602 g/mol. The van der Waals surface area contributed by atoms with Gasteiger partial charge in [0.2, 0.25) is 0 Å². The van der Waals surface area contributed by atoms with Gasteiger partial charge in [-0.2, -0.15) is 0 Å². The van der Waals surface area contributed by atoms with E-state index in [1.54, 1.807) is 7.11 Å². The first kappa shape index (κ1) is 27.3. The molecule has 2 aromatic heterocycles. The minimum atomic E-state index is -0.701. The maximum Gasteiger partial charge on any atom is 0.275 e. The van der Waals surface area contributed by atoms with E-state index in [4.69, 9.17) is 9.47 Å². The largest absolute Gasteiger partial charge is 0.493 e. The third kappa shape index (κ3) is 4.93. The van der Waals surface area contributed by atoms with Gasteiger partial charge in [0.25, 0.3) is 11.1 Å². The Morgan fingerprint density at radius 2 is 1.32 bits per heavy atom. The SMILES string of the molecule is CCCOc1c(Br)cc(C(c2c(C)[nH]n(-c3ccccc3)c2=O)c2c(C)[nH]n(-c3ccccc3)c2=O)cc1OC. The van der Waals surface area contributed by atoms with Crippen molar-refractivity contribution < 1.29 is 9.47 Å². The van der Waals surface area contributed by atoms with Gasteiger partial charge in [-0.1, -0.05) is 43.3 Å². The van der Waals surface area contributed by atoms with Gasteiger partial charge in [-0.05, 0) is 78.2 Å². The number of ether oxygens (including phenoxy) is 2. The molecule has 0 aliphatic rings. The lowest BCUT2D eigenvalue weighted by Crippen LogP contribution is -2.25. The van der Waals surface area contributed by atoms with Gasteiger partial charge in [-0.3, -0.25) is 19.8 Å². The average molecular weight is 604 g/mol. The molecular formula is C31H31BrN4O4. The molecule has 0 atom stereocenters. The zero-order chi connectivity index (χ0) is 28.4. The van der Waals surface area contributed by atoms with Crippen LogP contribution in [0.25, 0.3) is 11.4 Å². The minimum Gasteiger partial charge on any atom is -0.493 e. The van der Waals surface area contributed by atoms with Crippen LogP contribution in [0, 0.1) is 13.8 Å². The number of aryl methyl sites for hydroxylation is 2. The summed E-state index contributed by atoms with van der Waals surface area (Å²) in [4.78, 5) is 28.1. The molecule has 2 N–H and O–H groups in total. The topological polar surface area (TPSA) is 94.0 Å². The highest BCUT2D eigenvalue weighted by Gasteiger charge is 2.32. The van der Waals surface area contributed by atoms with Crippen LogP contribution in [0.15, 0.2) is 86.9 Å². The number of nitrogens with one attached hydrogen (secondary N) is 2. The van der Waals surface area contributed by atoms with E-state index in [0.29, 0.717) is 62.0 Å². The van der Waals surface area contributed by atoms with Crippen LogP contribution in [0.4, 0.5) is 0 Å². The van der Waals surface area contributed by atoms with Crippen LogP contribution < -0.4 is 20.6 Å². The maximum atomic E-state index is 14.1. The second-order valence-corrected chi connectivity index (χ2v) is 10.4. The number of methoxy groups -OCH3 is 1. The number of hydrogen-bond donors (Lipinski definition) is 2. The molecule has 9 heteroatoms. The van der Waals surface area contributed by atoms with Gasteiger partial charge >= 0.3 is 0 Å². The molecule has 0 unspecified atom stereocenters. The van der Waals surface area contributed by atoms with Gasteiger partial charge in [-0.15, -0.1) is 0 Å². The van der Waals surface area contributed by atoms with Crippen molar-refractivity contribution in [2.75, 3.05) is 13.7 Å². The predicted octanol–water partition coefficient (Wildman–Crippen LogP) is 6.00. The van der Waals surface area contributed by atoms with E-state index >= 15 is 0 Å². The molecule has 0 saturated heterocycles. The Hall–Kier alpha value is -4.24. The zero-order valence-electron chi connectivity index (χ0n) is 22.8. The molecule has 0 aliphatic heterocycles. The fourth-order valence-corrected chi connectivity index (χ4v) is 5.62. The second kappa shape index (κ2) is 11.5. The van der Waals surface area contributed by atoms with Crippen molar-refractivity contribution in [1.29, 1.82) is 0 Å².